The van der Waals surface area contributed by atoms with Crippen LogP contribution in [-0.2, 0) is 17.9 Å². The molecule has 2 N–H and O–H groups in total. The number of halogens is 4. The molecule has 0 amide bonds. The van der Waals surface area contributed by atoms with Gasteiger partial charge in [0.1, 0.15) is 5.15 Å². The fourth-order valence-corrected chi connectivity index (χ4v) is 1.30. The van der Waals surface area contributed by atoms with Gasteiger partial charge in [-0.1, -0.05) is 17.7 Å². The van der Waals surface area contributed by atoms with Gasteiger partial charge < -0.3 is 10.4 Å². The number of aliphatic carboxylic acids is 1. The molecule has 4 nitrogen and oxygen atoms in total. The number of carboxylic acids is 1. The Bertz CT molecular complexity index is 423. The summed E-state index contributed by atoms with van der Waals surface area (Å²) in [4.78, 5) is 13.1. The van der Waals surface area contributed by atoms with E-state index in [1.54, 1.807) is 0 Å². The third-order valence-electron chi connectivity index (χ3n) is 1.88. The van der Waals surface area contributed by atoms with Crippen molar-refractivity contribution in [3.8, 4) is 0 Å². The van der Waals surface area contributed by atoms with Gasteiger partial charge in [0.15, 0.2) is 0 Å². The molecule has 0 spiro atoms. The van der Waals surface area contributed by atoms with Crippen molar-refractivity contribution in [2.75, 3.05) is 0 Å². The van der Waals surface area contributed by atoms with E-state index in [9.17, 15) is 13.2 Å². The second-order valence-electron chi connectivity index (χ2n) is 3.15. The van der Waals surface area contributed by atoms with Crippen molar-refractivity contribution in [3.63, 3.8) is 0 Å². The molecule has 0 bridgehead atoms. The van der Waals surface area contributed by atoms with Crippen LogP contribution in [-0.4, -0.2) is 22.2 Å². The van der Waals surface area contributed by atoms with Gasteiger partial charge in [0.25, 0.3) is 0 Å². The lowest BCUT2D eigenvalue weighted by Gasteiger charge is -1.94. The Morgan fingerprint density at radius 1 is 1.41 bits per heavy atom. The summed E-state index contributed by atoms with van der Waals surface area (Å²) < 4.78 is 31.7. The summed E-state index contributed by atoms with van der Waals surface area (Å²) >= 11 is 5.68. The van der Waals surface area contributed by atoms with Crippen molar-refractivity contribution in [1.82, 2.24) is 10.3 Å². The molecule has 1 aliphatic rings. The zero-order chi connectivity index (χ0) is 13.1. The van der Waals surface area contributed by atoms with Gasteiger partial charge in [-0.05, 0) is 11.6 Å². The molecule has 8 heteroatoms. The van der Waals surface area contributed by atoms with E-state index in [0.29, 0.717) is 5.15 Å². The molecule has 1 aromatic rings. The van der Waals surface area contributed by atoms with E-state index in [0.717, 1.165) is 18.8 Å². The fraction of sp³-hybridized carbons (Fsp3) is 0.333. The summed E-state index contributed by atoms with van der Waals surface area (Å²) in [5.41, 5.74) is 2.36. The van der Waals surface area contributed by atoms with Crippen LogP contribution in [0.1, 0.15) is 11.3 Å². The van der Waals surface area contributed by atoms with Crippen LogP contribution < -0.4 is 5.32 Å². The Morgan fingerprint density at radius 3 is 2.53 bits per heavy atom. The number of nitrogens with one attached hydrogen (secondary N) is 1. The van der Waals surface area contributed by atoms with E-state index < -0.39 is 12.1 Å². The van der Waals surface area contributed by atoms with Gasteiger partial charge in [-0.3, -0.25) is 0 Å². The molecule has 1 aliphatic heterocycles. The van der Waals surface area contributed by atoms with Crippen LogP contribution in [0.2, 0.25) is 5.15 Å². The smallest absolute Gasteiger partial charge is 0.475 e. The number of alkyl halides is 3. The molecular formula is C9H8ClF3N2O2. The van der Waals surface area contributed by atoms with Crippen LogP contribution in [0, 0.1) is 0 Å². The van der Waals surface area contributed by atoms with E-state index in [1.807, 2.05) is 12.1 Å². The van der Waals surface area contributed by atoms with E-state index in [-0.39, 0.29) is 0 Å². The molecule has 0 saturated carbocycles. The van der Waals surface area contributed by atoms with Crippen molar-refractivity contribution < 1.29 is 23.1 Å². The third kappa shape index (κ3) is 4.20. The molecule has 0 aliphatic carbocycles. The number of hydrogen-bond acceptors (Lipinski definition) is 3. The Balaban J connectivity index is 0.000000185. The molecule has 0 atom stereocenters. The maximum atomic E-state index is 10.6. The number of nitrogens with zero attached hydrogens (tertiary/aromatic N) is 1. The molecule has 0 fully saturated rings. The van der Waals surface area contributed by atoms with Crippen LogP contribution in [0.25, 0.3) is 0 Å². The first-order valence-corrected chi connectivity index (χ1v) is 4.83. The quantitative estimate of drug-likeness (QED) is 0.706. The van der Waals surface area contributed by atoms with Gasteiger partial charge in [0, 0.05) is 13.1 Å². The average Bonchev–Trinajstić information content (AvgIpc) is 2.63. The number of hydrogen-bond donors (Lipinski definition) is 2. The largest absolute Gasteiger partial charge is 0.490 e. The van der Waals surface area contributed by atoms with Crippen molar-refractivity contribution >= 4 is 17.6 Å². The van der Waals surface area contributed by atoms with Crippen LogP contribution in [0.5, 0.6) is 0 Å². The van der Waals surface area contributed by atoms with Crippen molar-refractivity contribution in [2.24, 2.45) is 0 Å². The summed E-state index contributed by atoms with van der Waals surface area (Å²) in [6.45, 7) is 1.79. The van der Waals surface area contributed by atoms with Crippen LogP contribution in [0.4, 0.5) is 13.2 Å². The molecule has 0 aromatic carbocycles. The number of aromatic nitrogens is 1. The van der Waals surface area contributed by atoms with E-state index in [4.69, 9.17) is 21.5 Å². The lowest BCUT2D eigenvalue weighted by atomic mass is 10.2. The molecule has 0 saturated heterocycles. The molecule has 2 heterocycles. The summed E-state index contributed by atoms with van der Waals surface area (Å²) in [7, 11) is 0. The Labute approximate surface area is 99.4 Å². The molecular weight excluding hydrogens is 261 g/mol. The zero-order valence-corrected chi connectivity index (χ0v) is 9.14. The normalized spacial score (nSPS) is 13.6. The van der Waals surface area contributed by atoms with Crippen molar-refractivity contribution in [3.05, 3.63) is 28.5 Å². The van der Waals surface area contributed by atoms with Gasteiger partial charge in [-0.25, -0.2) is 9.78 Å². The molecule has 0 radical (unpaired) electrons. The number of pyridine rings is 1. The Hall–Kier alpha value is -1.34. The minimum absolute atomic E-state index is 0.586. The molecule has 94 valence electrons. The van der Waals surface area contributed by atoms with Gasteiger partial charge >= 0.3 is 12.1 Å². The predicted molar refractivity (Wildman–Crippen MR) is 53.5 cm³/mol. The molecule has 1 aromatic heterocycles. The number of carboxylic acid groups (broad SMARTS) is 1. The summed E-state index contributed by atoms with van der Waals surface area (Å²) in [6, 6.07) is 3.85. The Kier molecular flexibility index (Phi) is 4.30. The lowest BCUT2D eigenvalue weighted by molar-refractivity contribution is -0.192. The highest BCUT2D eigenvalue weighted by Crippen LogP contribution is 2.15. The van der Waals surface area contributed by atoms with Gasteiger partial charge in [-0.2, -0.15) is 13.2 Å². The maximum absolute atomic E-state index is 10.6. The first-order valence-electron chi connectivity index (χ1n) is 4.46. The SMILES string of the molecule is Clc1ccc2c(n1)CNC2.O=C(O)C(F)(F)F. The standard InChI is InChI=1S/C7H7ClN2.C2HF3O2/c8-7-2-1-5-3-9-4-6(5)10-7;3-2(4,5)1(6)7/h1-2,9H,3-4H2;(H,6,7). The van der Waals surface area contributed by atoms with E-state index >= 15 is 0 Å². The summed E-state index contributed by atoms with van der Waals surface area (Å²) in [5.74, 6) is -2.76. The third-order valence-corrected chi connectivity index (χ3v) is 2.10. The van der Waals surface area contributed by atoms with Crippen LogP contribution >= 0.6 is 11.6 Å². The van der Waals surface area contributed by atoms with Gasteiger partial charge in [0.2, 0.25) is 0 Å². The van der Waals surface area contributed by atoms with Crippen molar-refractivity contribution in [1.29, 1.82) is 0 Å². The summed E-state index contributed by atoms with van der Waals surface area (Å²) in [6.07, 6.45) is -5.08. The fourth-order valence-electron chi connectivity index (χ4n) is 1.13. The van der Waals surface area contributed by atoms with Crippen LogP contribution in [0.15, 0.2) is 12.1 Å². The van der Waals surface area contributed by atoms with E-state index in [1.165, 1.54) is 5.56 Å². The van der Waals surface area contributed by atoms with E-state index in [2.05, 4.69) is 10.3 Å². The number of rotatable bonds is 0. The molecule has 17 heavy (non-hydrogen) atoms. The molecule has 2 rings (SSSR count). The summed E-state index contributed by atoms with van der Waals surface area (Å²) in [5, 5.41) is 10.9. The topological polar surface area (TPSA) is 62.2 Å². The lowest BCUT2D eigenvalue weighted by Crippen LogP contribution is -2.21. The van der Waals surface area contributed by atoms with Gasteiger partial charge in [-0.15, -0.1) is 0 Å². The highest BCUT2D eigenvalue weighted by Gasteiger charge is 2.38. The average molecular weight is 269 g/mol. The number of fused-ring (bicyclic) bond motifs is 1. The maximum Gasteiger partial charge on any atom is 0.490 e. The highest BCUT2D eigenvalue weighted by molar-refractivity contribution is 6.29. The molecule has 0 unspecified atom stereocenters. The minimum Gasteiger partial charge on any atom is -0.475 e. The monoisotopic (exact) mass is 268 g/mol. The Morgan fingerprint density at radius 2 is 2.00 bits per heavy atom. The second kappa shape index (κ2) is 5.33. The first kappa shape index (κ1) is 13.7. The zero-order valence-electron chi connectivity index (χ0n) is 8.38. The highest BCUT2D eigenvalue weighted by atomic mass is 35.5. The van der Waals surface area contributed by atoms with Crippen LogP contribution in [0.3, 0.4) is 0 Å². The predicted octanol–water partition coefficient (Wildman–Crippen LogP) is 1.97. The van der Waals surface area contributed by atoms with Crippen molar-refractivity contribution in [2.45, 2.75) is 19.3 Å². The van der Waals surface area contributed by atoms with Gasteiger partial charge in [0.05, 0.1) is 5.69 Å². The number of carbonyl (C=O) groups is 1. The second-order valence-corrected chi connectivity index (χ2v) is 3.53. The minimum atomic E-state index is -5.08. The first-order chi connectivity index (χ1) is 7.80.